The maximum Gasteiger partial charge on any atom is 0.320 e. The summed E-state index contributed by atoms with van der Waals surface area (Å²) in [6, 6.07) is 5.77. The van der Waals surface area contributed by atoms with Crippen molar-refractivity contribution in [1.82, 2.24) is 9.80 Å². The van der Waals surface area contributed by atoms with E-state index >= 15 is 0 Å². The Kier molecular flexibility index (Phi) is 5.49. The lowest BCUT2D eigenvalue weighted by molar-refractivity contribution is -0.144. The van der Waals surface area contributed by atoms with E-state index in [4.69, 9.17) is 5.11 Å². The third kappa shape index (κ3) is 3.82. The van der Waals surface area contributed by atoms with Crippen molar-refractivity contribution in [2.24, 2.45) is 0 Å². The number of benzene rings is 1. The van der Waals surface area contributed by atoms with Gasteiger partial charge in [0.25, 0.3) is 0 Å². The first kappa shape index (κ1) is 16.4. The monoisotopic (exact) mass is 308 g/mol. The van der Waals surface area contributed by atoms with Crippen LogP contribution in [0.5, 0.6) is 0 Å². The van der Waals surface area contributed by atoms with Crippen LogP contribution in [0.15, 0.2) is 24.3 Å². The quantitative estimate of drug-likeness (QED) is 0.892. The van der Waals surface area contributed by atoms with Crippen molar-refractivity contribution in [3.63, 3.8) is 0 Å². The maximum absolute atomic E-state index is 13.6. The smallest absolute Gasteiger partial charge is 0.320 e. The molecule has 5 nitrogen and oxygen atoms in total. The van der Waals surface area contributed by atoms with E-state index in [0.29, 0.717) is 38.2 Å². The largest absolute Gasteiger partial charge is 0.480 e. The van der Waals surface area contributed by atoms with E-state index in [-0.39, 0.29) is 18.1 Å². The molecule has 22 heavy (non-hydrogen) atoms. The predicted molar refractivity (Wildman–Crippen MR) is 80.0 cm³/mol. The molecule has 1 aromatic carbocycles. The third-order valence-electron chi connectivity index (χ3n) is 4.08. The van der Waals surface area contributed by atoms with Crippen molar-refractivity contribution in [2.45, 2.75) is 25.8 Å². The zero-order valence-electron chi connectivity index (χ0n) is 12.7. The molecule has 1 fully saturated rings. The van der Waals surface area contributed by atoms with E-state index < -0.39 is 12.0 Å². The van der Waals surface area contributed by atoms with Crippen LogP contribution in [0.3, 0.4) is 0 Å². The van der Waals surface area contributed by atoms with Gasteiger partial charge in [-0.1, -0.05) is 25.1 Å². The predicted octanol–water partition coefficient (Wildman–Crippen LogP) is 1.38. The Bertz CT molecular complexity index is 542. The number of carboxylic acid groups (broad SMARTS) is 1. The molecule has 1 aliphatic rings. The van der Waals surface area contributed by atoms with Crippen LogP contribution in [-0.2, 0) is 16.0 Å². The number of nitrogens with zero attached hydrogens (tertiary/aromatic N) is 2. The van der Waals surface area contributed by atoms with Gasteiger partial charge in [-0.25, -0.2) is 4.39 Å². The molecule has 1 heterocycles. The minimum atomic E-state index is -0.825. The number of amides is 1. The number of halogens is 1. The lowest BCUT2D eigenvalue weighted by Crippen LogP contribution is -2.54. The van der Waals surface area contributed by atoms with Crippen LogP contribution in [0.4, 0.5) is 4.39 Å². The number of rotatable bonds is 5. The summed E-state index contributed by atoms with van der Waals surface area (Å²) >= 11 is 0. The SMILES string of the molecule is CCC(C(=O)O)N1CCN(C(=O)Cc2ccccc2F)CC1. The van der Waals surface area contributed by atoms with E-state index in [1.165, 1.54) is 6.07 Å². The molecule has 0 spiro atoms. The molecule has 0 aromatic heterocycles. The summed E-state index contributed by atoms with van der Waals surface area (Å²) in [5.41, 5.74) is 0.395. The van der Waals surface area contributed by atoms with E-state index in [1.807, 2.05) is 11.8 Å². The van der Waals surface area contributed by atoms with E-state index in [0.717, 1.165) is 0 Å². The topological polar surface area (TPSA) is 60.9 Å². The van der Waals surface area contributed by atoms with E-state index in [1.54, 1.807) is 23.1 Å². The molecule has 1 unspecified atom stereocenters. The highest BCUT2D eigenvalue weighted by molar-refractivity contribution is 5.79. The van der Waals surface area contributed by atoms with Gasteiger partial charge >= 0.3 is 5.97 Å². The molecule has 1 aliphatic heterocycles. The van der Waals surface area contributed by atoms with Gasteiger partial charge in [0, 0.05) is 26.2 Å². The fourth-order valence-electron chi connectivity index (χ4n) is 2.79. The van der Waals surface area contributed by atoms with E-state index in [9.17, 15) is 14.0 Å². The average molecular weight is 308 g/mol. The van der Waals surface area contributed by atoms with Crippen molar-refractivity contribution in [3.8, 4) is 0 Å². The van der Waals surface area contributed by atoms with Gasteiger partial charge in [-0.2, -0.15) is 0 Å². The van der Waals surface area contributed by atoms with Gasteiger partial charge < -0.3 is 10.0 Å². The zero-order valence-corrected chi connectivity index (χ0v) is 12.7. The average Bonchev–Trinajstić information content (AvgIpc) is 2.50. The fraction of sp³-hybridized carbons (Fsp3) is 0.500. The molecule has 120 valence electrons. The Balaban J connectivity index is 1.90. The van der Waals surface area contributed by atoms with Crippen molar-refractivity contribution >= 4 is 11.9 Å². The second kappa shape index (κ2) is 7.35. The first-order chi connectivity index (χ1) is 10.5. The second-order valence-corrected chi connectivity index (χ2v) is 5.45. The molecule has 0 aliphatic carbocycles. The normalized spacial score (nSPS) is 17.3. The molecule has 0 saturated carbocycles. The zero-order chi connectivity index (χ0) is 16.1. The molecule has 1 amide bonds. The molecule has 1 atom stereocenters. The van der Waals surface area contributed by atoms with Crippen LogP contribution in [0, 0.1) is 5.82 Å². The van der Waals surface area contributed by atoms with Crippen molar-refractivity contribution < 1.29 is 19.1 Å². The van der Waals surface area contributed by atoms with Crippen LogP contribution < -0.4 is 0 Å². The Hall–Kier alpha value is -1.95. The number of hydrogen-bond acceptors (Lipinski definition) is 3. The molecule has 0 radical (unpaired) electrons. The second-order valence-electron chi connectivity index (χ2n) is 5.45. The Labute approximate surface area is 129 Å². The first-order valence-corrected chi connectivity index (χ1v) is 7.51. The van der Waals surface area contributed by atoms with Crippen molar-refractivity contribution in [2.75, 3.05) is 26.2 Å². The lowest BCUT2D eigenvalue weighted by Gasteiger charge is -2.37. The Morgan fingerprint density at radius 2 is 1.86 bits per heavy atom. The van der Waals surface area contributed by atoms with Crippen LogP contribution in [0.2, 0.25) is 0 Å². The number of carboxylic acids is 1. The summed E-state index contributed by atoms with van der Waals surface area (Å²) in [5.74, 6) is -1.31. The third-order valence-corrected chi connectivity index (χ3v) is 4.08. The van der Waals surface area contributed by atoms with Crippen LogP contribution in [0.1, 0.15) is 18.9 Å². The van der Waals surface area contributed by atoms with Gasteiger partial charge in [0.15, 0.2) is 0 Å². The van der Waals surface area contributed by atoms with Gasteiger partial charge in [-0.3, -0.25) is 14.5 Å². The van der Waals surface area contributed by atoms with Crippen LogP contribution in [0.25, 0.3) is 0 Å². The molecular weight excluding hydrogens is 287 g/mol. The Morgan fingerprint density at radius 3 is 2.41 bits per heavy atom. The highest BCUT2D eigenvalue weighted by Crippen LogP contribution is 2.13. The molecule has 1 saturated heterocycles. The summed E-state index contributed by atoms with van der Waals surface area (Å²) < 4.78 is 13.6. The maximum atomic E-state index is 13.6. The lowest BCUT2D eigenvalue weighted by atomic mass is 10.1. The first-order valence-electron chi connectivity index (χ1n) is 7.51. The number of piperazine rings is 1. The number of carbonyl (C=O) groups is 2. The number of hydrogen-bond donors (Lipinski definition) is 1. The van der Waals surface area contributed by atoms with Gasteiger partial charge in [0.1, 0.15) is 11.9 Å². The summed E-state index contributed by atoms with van der Waals surface area (Å²) in [5, 5.41) is 9.16. The molecule has 0 bridgehead atoms. The highest BCUT2D eigenvalue weighted by atomic mass is 19.1. The molecule has 1 aromatic rings. The summed E-state index contributed by atoms with van der Waals surface area (Å²) in [6.45, 7) is 3.88. The number of carbonyl (C=O) groups excluding carboxylic acids is 1. The standard InChI is InChI=1S/C16H21FN2O3/c1-2-14(16(21)22)18-7-9-19(10-8-18)15(20)11-12-5-3-4-6-13(12)17/h3-6,14H,2,7-11H2,1H3,(H,21,22). The molecular formula is C16H21FN2O3. The summed E-state index contributed by atoms with van der Waals surface area (Å²) in [4.78, 5) is 26.9. The van der Waals surface area contributed by atoms with E-state index in [2.05, 4.69) is 0 Å². The molecule has 2 rings (SSSR count). The van der Waals surface area contributed by atoms with Crippen LogP contribution >= 0.6 is 0 Å². The number of aliphatic carboxylic acids is 1. The van der Waals surface area contributed by atoms with Crippen molar-refractivity contribution in [3.05, 3.63) is 35.6 Å². The van der Waals surface area contributed by atoms with Gasteiger partial charge in [0.05, 0.1) is 6.42 Å². The van der Waals surface area contributed by atoms with Gasteiger partial charge in [-0.05, 0) is 18.1 Å². The minimum absolute atomic E-state index is 0.0445. The Morgan fingerprint density at radius 1 is 1.23 bits per heavy atom. The summed E-state index contributed by atoms with van der Waals surface area (Å²) in [7, 11) is 0. The van der Waals surface area contributed by atoms with Gasteiger partial charge in [0.2, 0.25) is 5.91 Å². The summed E-state index contributed by atoms with van der Waals surface area (Å²) in [6.07, 6.45) is 0.585. The fourth-order valence-corrected chi connectivity index (χ4v) is 2.79. The molecule has 1 N–H and O–H groups in total. The molecule has 6 heteroatoms. The van der Waals surface area contributed by atoms with Crippen molar-refractivity contribution in [1.29, 1.82) is 0 Å². The highest BCUT2D eigenvalue weighted by Gasteiger charge is 2.29. The van der Waals surface area contributed by atoms with Crippen LogP contribution in [-0.4, -0.2) is 59.0 Å². The minimum Gasteiger partial charge on any atom is -0.480 e. The van der Waals surface area contributed by atoms with Gasteiger partial charge in [-0.15, -0.1) is 0 Å².